The van der Waals surface area contributed by atoms with Gasteiger partial charge in [-0.05, 0) is 76.1 Å². The standard InChI is InChI=1S/C31H39N3O5S/c1-7-28(30(36)32-31(3,4)5)33(21-24-15-13-23(2)14-16-24)29(35)22-34(25-11-9-8-10-12-25)40(37,38)27-19-17-26(39-6)18-20-27/h8-20,28H,7,21-22H2,1-6H3,(H,32,36). The van der Waals surface area contributed by atoms with Gasteiger partial charge < -0.3 is 15.0 Å². The number of aryl methyl sites for hydroxylation is 1. The SMILES string of the molecule is CCC(C(=O)NC(C)(C)C)N(Cc1ccc(C)cc1)C(=O)CN(c1ccccc1)S(=O)(=O)c1ccc(OC)cc1. The highest BCUT2D eigenvalue weighted by Crippen LogP contribution is 2.26. The molecule has 3 rings (SSSR count). The third-order valence-electron chi connectivity index (χ3n) is 6.33. The summed E-state index contributed by atoms with van der Waals surface area (Å²) in [6, 6.07) is 21.4. The van der Waals surface area contributed by atoms with Gasteiger partial charge in [0.2, 0.25) is 11.8 Å². The number of ether oxygens (including phenoxy) is 1. The van der Waals surface area contributed by atoms with E-state index in [1.54, 1.807) is 42.5 Å². The van der Waals surface area contributed by atoms with Crippen molar-refractivity contribution in [1.29, 1.82) is 0 Å². The van der Waals surface area contributed by atoms with Crippen LogP contribution in [0.3, 0.4) is 0 Å². The number of benzene rings is 3. The molecule has 1 unspecified atom stereocenters. The van der Waals surface area contributed by atoms with Crippen molar-refractivity contribution in [2.75, 3.05) is 18.0 Å². The molecule has 0 radical (unpaired) electrons. The van der Waals surface area contributed by atoms with Crippen molar-refractivity contribution >= 4 is 27.5 Å². The lowest BCUT2D eigenvalue weighted by atomic mass is 10.1. The summed E-state index contributed by atoms with van der Waals surface area (Å²) in [5.41, 5.74) is 1.75. The third-order valence-corrected chi connectivity index (χ3v) is 8.12. The van der Waals surface area contributed by atoms with E-state index in [9.17, 15) is 18.0 Å². The van der Waals surface area contributed by atoms with Crippen molar-refractivity contribution in [1.82, 2.24) is 10.2 Å². The maximum absolute atomic E-state index is 14.1. The lowest BCUT2D eigenvalue weighted by Crippen LogP contribution is -2.55. The number of carbonyl (C=O) groups excluding carboxylic acids is 2. The van der Waals surface area contributed by atoms with Gasteiger partial charge in [-0.2, -0.15) is 0 Å². The van der Waals surface area contributed by atoms with E-state index in [2.05, 4.69) is 5.32 Å². The molecule has 3 aromatic rings. The molecule has 9 heteroatoms. The maximum atomic E-state index is 14.1. The van der Waals surface area contributed by atoms with Crippen molar-refractivity contribution in [2.24, 2.45) is 0 Å². The molecular formula is C31H39N3O5S. The summed E-state index contributed by atoms with van der Waals surface area (Å²) in [4.78, 5) is 28.9. The van der Waals surface area contributed by atoms with Crippen molar-refractivity contribution < 1.29 is 22.7 Å². The van der Waals surface area contributed by atoms with Crippen molar-refractivity contribution in [2.45, 2.75) is 64.1 Å². The highest BCUT2D eigenvalue weighted by Gasteiger charge is 2.34. The second kappa shape index (κ2) is 13.0. The van der Waals surface area contributed by atoms with Crippen LogP contribution in [0.2, 0.25) is 0 Å². The number of sulfonamides is 1. The number of hydrogen-bond acceptors (Lipinski definition) is 5. The Bertz CT molecular complexity index is 1380. The van der Waals surface area contributed by atoms with Crippen LogP contribution in [0.5, 0.6) is 5.75 Å². The van der Waals surface area contributed by atoms with Crippen molar-refractivity contribution in [3.63, 3.8) is 0 Å². The minimum absolute atomic E-state index is 0.0209. The molecular weight excluding hydrogens is 526 g/mol. The molecule has 0 fully saturated rings. The molecule has 0 spiro atoms. The van der Waals surface area contributed by atoms with Crippen LogP contribution in [-0.4, -0.2) is 50.4 Å². The predicted molar refractivity (Wildman–Crippen MR) is 158 cm³/mol. The Morgan fingerprint density at radius 1 is 0.925 bits per heavy atom. The zero-order valence-electron chi connectivity index (χ0n) is 24.0. The Morgan fingerprint density at radius 3 is 2.05 bits per heavy atom. The van der Waals surface area contributed by atoms with Crippen LogP contribution in [0.25, 0.3) is 0 Å². The summed E-state index contributed by atoms with van der Waals surface area (Å²) in [6.07, 6.45) is 0.357. The fourth-order valence-corrected chi connectivity index (χ4v) is 5.67. The highest BCUT2D eigenvalue weighted by atomic mass is 32.2. The zero-order chi connectivity index (χ0) is 29.5. The molecule has 214 valence electrons. The maximum Gasteiger partial charge on any atom is 0.264 e. The number of anilines is 1. The summed E-state index contributed by atoms with van der Waals surface area (Å²) in [5, 5.41) is 2.98. The fourth-order valence-electron chi connectivity index (χ4n) is 4.26. The number of carbonyl (C=O) groups is 2. The number of hydrogen-bond donors (Lipinski definition) is 1. The van der Waals surface area contributed by atoms with Crippen LogP contribution >= 0.6 is 0 Å². The summed E-state index contributed by atoms with van der Waals surface area (Å²) in [5.74, 6) is -0.265. The number of methoxy groups -OCH3 is 1. The zero-order valence-corrected chi connectivity index (χ0v) is 24.9. The molecule has 1 N–H and O–H groups in total. The molecule has 0 saturated carbocycles. The van der Waals surface area contributed by atoms with E-state index in [0.29, 0.717) is 17.9 Å². The molecule has 40 heavy (non-hydrogen) atoms. The number of rotatable bonds is 11. The van der Waals surface area contributed by atoms with Gasteiger partial charge in [-0.15, -0.1) is 0 Å². The molecule has 2 amide bonds. The molecule has 3 aromatic carbocycles. The summed E-state index contributed by atoms with van der Waals surface area (Å²) >= 11 is 0. The van der Waals surface area contributed by atoms with Crippen LogP contribution in [0.1, 0.15) is 45.2 Å². The van der Waals surface area contributed by atoms with Gasteiger partial charge in [0.25, 0.3) is 10.0 Å². The van der Waals surface area contributed by atoms with E-state index < -0.39 is 34.1 Å². The molecule has 0 bridgehead atoms. The van der Waals surface area contributed by atoms with Gasteiger partial charge in [0.05, 0.1) is 17.7 Å². The van der Waals surface area contributed by atoms with Gasteiger partial charge in [0, 0.05) is 12.1 Å². The van der Waals surface area contributed by atoms with E-state index in [4.69, 9.17) is 4.74 Å². The second-order valence-electron chi connectivity index (χ2n) is 10.7. The predicted octanol–water partition coefficient (Wildman–Crippen LogP) is 4.92. The average Bonchev–Trinajstić information content (AvgIpc) is 2.92. The average molecular weight is 566 g/mol. The Hall–Kier alpha value is -3.85. The molecule has 0 aliphatic heterocycles. The van der Waals surface area contributed by atoms with Gasteiger partial charge in [0.15, 0.2) is 0 Å². The van der Waals surface area contributed by atoms with E-state index >= 15 is 0 Å². The van der Waals surface area contributed by atoms with Crippen LogP contribution in [0.15, 0.2) is 83.8 Å². The first-order chi connectivity index (χ1) is 18.9. The van der Waals surface area contributed by atoms with Gasteiger partial charge in [-0.1, -0.05) is 55.0 Å². The molecule has 0 heterocycles. The molecule has 0 aliphatic carbocycles. The highest BCUT2D eigenvalue weighted by molar-refractivity contribution is 7.92. The Kier molecular flexibility index (Phi) is 9.98. The summed E-state index contributed by atoms with van der Waals surface area (Å²) < 4.78 is 34.0. The van der Waals surface area contributed by atoms with Crippen LogP contribution < -0.4 is 14.4 Å². The quantitative estimate of drug-likeness (QED) is 0.356. The van der Waals surface area contributed by atoms with Gasteiger partial charge >= 0.3 is 0 Å². The minimum atomic E-state index is -4.14. The second-order valence-corrected chi connectivity index (χ2v) is 12.6. The largest absolute Gasteiger partial charge is 0.497 e. The van der Waals surface area contributed by atoms with Crippen LogP contribution in [-0.2, 0) is 26.2 Å². The molecule has 0 aliphatic rings. The number of para-hydroxylation sites is 1. The van der Waals surface area contributed by atoms with Gasteiger partial charge in [0.1, 0.15) is 18.3 Å². The lowest BCUT2D eigenvalue weighted by molar-refractivity contribution is -0.141. The Morgan fingerprint density at radius 2 is 1.52 bits per heavy atom. The smallest absolute Gasteiger partial charge is 0.264 e. The molecule has 8 nitrogen and oxygen atoms in total. The first kappa shape index (κ1) is 30.7. The monoisotopic (exact) mass is 565 g/mol. The van der Waals surface area contributed by atoms with Crippen molar-refractivity contribution in [3.8, 4) is 5.75 Å². The summed E-state index contributed by atoms with van der Waals surface area (Å²) in [6.45, 7) is 9.11. The number of nitrogens with one attached hydrogen (secondary N) is 1. The first-order valence-electron chi connectivity index (χ1n) is 13.2. The van der Waals surface area contributed by atoms with Crippen LogP contribution in [0.4, 0.5) is 5.69 Å². The van der Waals surface area contributed by atoms with Gasteiger partial charge in [-0.3, -0.25) is 13.9 Å². The third kappa shape index (κ3) is 7.85. The number of amides is 2. The lowest BCUT2D eigenvalue weighted by Gasteiger charge is -2.34. The number of nitrogens with zero attached hydrogens (tertiary/aromatic N) is 2. The molecule has 0 saturated heterocycles. The topological polar surface area (TPSA) is 96.0 Å². The Balaban J connectivity index is 2.04. The van der Waals surface area contributed by atoms with Crippen molar-refractivity contribution in [3.05, 3.63) is 90.0 Å². The molecule has 0 aromatic heterocycles. The normalized spacial score (nSPS) is 12.3. The fraction of sp³-hybridized carbons (Fsp3) is 0.355. The summed E-state index contributed by atoms with van der Waals surface area (Å²) in [7, 11) is -2.64. The van der Waals surface area contributed by atoms with E-state index in [-0.39, 0.29) is 17.3 Å². The molecule has 1 atom stereocenters. The first-order valence-corrected chi connectivity index (χ1v) is 14.7. The van der Waals surface area contributed by atoms with Gasteiger partial charge in [-0.25, -0.2) is 8.42 Å². The van der Waals surface area contributed by atoms with E-state index in [0.717, 1.165) is 15.4 Å². The minimum Gasteiger partial charge on any atom is -0.497 e. The van der Waals surface area contributed by atoms with Crippen LogP contribution in [0, 0.1) is 6.92 Å². The Labute approximate surface area is 238 Å². The van der Waals surface area contributed by atoms with E-state index in [1.807, 2.05) is 58.9 Å². The van der Waals surface area contributed by atoms with E-state index in [1.165, 1.54) is 24.1 Å².